The van der Waals surface area contributed by atoms with Crippen LogP contribution in [0.25, 0.3) is 0 Å². The van der Waals surface area contributed by atoms with Gasteiger partial charge in [0.1, 0.15) is 13.2 Å². The Morgan fingerprint density at radius 2 is 0.550 bits per heavy atom. The number of rotatable bonds is 49. The van der Waals surface area contributed by atoms with Crippen LogP contribution in [0.1, 0.15) is 304 Å². The van der Waals surface area contributed by atoms with Gasteiger partial charge in [-0.15, -0.1) is 0 Å². The maximum absolute atomic E-state index is 12.7. The van der Waals surface area contributed by atoms with Crippen LogP contribution >= 0.6 is 0 Å². The van der Waals surface area contributed by atoms with Crippen molar-refractivity contribution in [3.63, 3.8) is 0 Å². The third-order valence-electron chi connectivity index (χ3n) is 12.3. The molecule has 1 atom stereocenters. The lowest BCUT2D eigenvalue weighted by Gasteiger charge is -2.18. The van der Waals surface area contributed by atoms with Crippen LogP contribution < -0.4 is 0 Å². The van der Waals surface area contributed by atoms with Crippen molar-refractivity contribution >= 4 is 17.9 Å². The summed E-state index contributed by atoms with van der Waals surface area (Å²) < 4.78 is 16.8. The molecule has 0 radical (unpaired) electrons. The average molecular weight is 849 g/mol. The summed E-state index contributed by atoms with van der Waals surface area (Å²) in [7, 11) is 0. The lowest BCUT2D eigenvalue weighted by molar-refractivity contribution is -0.167. The van der Waals surface area contributed by atoms with E-state index in [1.54, 1.807) is 0 Å². The monoisotopic (exact) mass is 849 g/mol. The number of carbonyl (C=O) groups is 3. The normalized spacial score (nSPS) is 11.9. The zero-order valence-electron chi connectivity index (χ0n) is 40.9. The molecule has 356 valence electrons. The van der Waals surface area contributed by atoms with Crippen LogP contribution in [-0.4, -0.2) is 37.2 Å². The fourth-order valence-electron chi connectivity index (χ4n) is 8.22. The highest BCUT2D eigenvalue weighted by Crippen LogP contribution is 2.17. The first-order chi connectivity index (χ1) is 29.4. The highest BCUT2D eigenvalue weighted by atomic mass is 16.6. The van der Waals surface area contributed by atoms with Crippen molar-refractivity contribution < 1.29 is 28.6 Å². The summed E-state index contributed by atoms with van der Waals surface area (Å²) in [6, 6.07) is 0. The predicted molar refractivity (Wildman–Crippen MR) is 257 cm³/mol. The SMILES string of the molecule is CCCCCCCCCCCCCCCCCCC(=O)OC[C@H](COC(=O)CCCCCCCCCCCCCCCCC(C)C)OC(=O)CCCCCCCCCCC. The molecule has 0 aliphatic carbocycles. The van der Waals surface area contributed by atoms with Crippen LogP contribution in [0, 0.1) is 5.92 Å². The second kappa shape index (κ2) is 48.4. The highest BCUT2D eigenvalue weighted by molar-refractivity contribution is 5.71. The molecule has 0 aromatic rings. The largest absolute Gasteiger partial charge is 0.462 e. The lowest BCUT2D eigenvalue weighted by Crippen LogP contribution is -2.30. The molecule has 0 N–H and O–H groups in total. The molecule has 0 spiro atoms. The molecule has 0 saturated heterocycles. The zero-order chi connectivity index (χ0) is 43.8. The quantitative estimate of drug-likeness (QED) is 0.0345. The van der Waals surface area contributed by atoms with Gasteiger partial charge in [-0.05, 0) is 25.2 Å². The minimum Gasteiger partial charge on any atom is -0.462 e. The van der Waals surface area contributed by atoms with E-state index in [4.69, 9.17) is 14.2 Å². The van der Waals surface area contributed by atoms with Crippen LogP contribution in [0.15, 0.2) is 0 Å². The molecule has 0 saturated carbocycles. The van der Waals surface area contributed by atoms with Crippen molar-refractivity contribution in [2.75, 3.05) is 13.2 Å². The first-order valence-electron chi connectivity index (χ1n) is 26.9. The Morgan fingerprint density at radius 3 is 0.817 bits per heavy atom. The van der Waals surface area contributed by atoms with E-state index in [2.05, 4.69) is 27.7 Å². The Bertz CT molecular complexity index is 903. The summed E-state index contributed by atoms with van der Waals surface area (Å²) >= 11 is 0. The number of ether oxygens (including phenoxy) is 3. The van der Waals surface area contributed by atoms with E-state index in [-0.39, 0.29) is 31.1 Å². The molecule has 60 heavy (non-hydrogen) atoms. The van der Waals surface area contributed by atoms with E-state index >= 15 is 0 Å². The third-order valence-corrected chi connectivity index (χ3v) is 12.3. The van der Waals surface area contributed by atoms with Gasteiger partial charge in [0.15, 0.2) is 6.10 Å². The minimum absolute atomic E-state index is 0.0626. The Labute approximate surface area is 374 Å². The highest BCUT2D eigenvalue weighted by Gasteiger charge is 2.19. The maximum Gasteiger partial charge on any atom is 0.306 e. The summed E-state index contributed by atoms with van der Waals surface area (Å²) in [6.45, 7) is 9.03. The standard InChI is InChI=1S/C54H104O6/c1-5-7-9-11-13-15-16-17-18-19-23-26-30-33-37-41-45-52(55)58-48-51(60-54(57)47-43-39-35-28-14-12-10-8-6-2)49-59-53(56)46-42-38-34-31-27-24-21-20-22-25-29-32-36-40-44-50(3)4/h50-51H,5-49H2,1-4H3/t51-/m1/s1. The van der Waals surface area contributed by atoms with Crippen molar-refractivity contribution in [1.29, 1.82) is 0 Å². The minimum atomic E-state index is -0.760. The van der Waals surface area contributed by atoms with Gasteiger partial charge in [0, 0.05) is 19.3 Å². The Kier molecular flexibility index (Phi) is 47.2. The molecule has 0 bridgehead atoms. The van der Waals surface area contributed by atoms with Gasteiger partial charge < -0.3 is 14.2 Å². The van der Waals surface area contributed by atoms with Crippen molar-refractivity contribution in [3.8, 4) is 0 Å². The molecule has 0 fully saturated rings. The fourth-order valence-corrected chi connectivity index (χ4v) is 8.22. The van der Waals surface area contributed by atoms with Crippen LogP contribution in [0.5, 0.6) is 0 Å². The predicted octanol–water partition coefficient (Wildman–Crippen LogP) is 17.5. The first-order valence-corrected chi connectivity index (χ1v) is 26.9. The molecule has 6 heteroatoms. The summed E-state index contributed by atoms with van der Waals surface area (Å²) in [5, 5.41) is 0. The fraction of sp³-hybridized carbons (Fsp3) is 0.944. The average Bonchev–Trinajstić information content (AvgIpc) is 3.23. The van der Waals surface area contributed by atoms with Crippen molar-refractivity contribution in [3.05, 3.63) is 0 Å². The summed E-state index contributed by atoms with van der Waals surface area (Å²) in [5.74, 6) is 0.000804. The van der Waals surface area contributed by atoms with Crippen molar-refractivity contribution in [1.82, 2.24) is 0 Å². The second-order valence-electron chi connectivity index (χ2n) is 19.0. The maximum atomic E-state index is 12.7. The lowest BCUT2D eigenvalue weighted by atomic mass is 10.0. The molecule has 0 rings (SSSR count). The molecule has 0 aliphatic rings. The Morgan fingerprint density at radius 1 is 0.317 bits per heavy atom. The van der Waals surface area contributed by atoms with Gasteiger partial charge >= 0.3 is 17.9 Å². The van der Waals surface area contributed by atoms with Gasteiger partial charge in [-0.3, -0.25) is 14.4 Å². The summed E-state index contributed by atoms with van der Waals surface area (Å²) in [4.78, 5) is 37.9. The number of unbranched alkanes of at least 4 members (excludes halogenated alkanes) is 36. The van der Waals surface area contributed by atoms with E-state index in [0.29, 0.717) is 19.3 Å². The molecule has 0 aromatic carbocycles. The van der Waals surface area contributed by atoms with E-state index in [1.807, 2.05) is 0 Å². The summed E-state index contributed by atoms with van der Waals surface area (Å²) in [6.07, 6.45) is 50.9. The molecule has 6 nitrogen and oxygen atoms in total. The van der Waals surface area contributed by atoms with Crippen molar-refractivity contribution in [2.45, 2.75) is 310 Å². The van der Waals surface area contributed by atoms with Crippen LogP contribution in [-0.2, 0) is 28.6 Å². The van der Waals surface area contributed by atoms with Gasteiger partial charge in [-0.25, -0.2) is 0 Å². The van der Waals surface area contributed by atoms with Crippen LogP contribution in [0.2, 0.25) is 0 Å². The van der Waals surface area contributed by atoms with Gasteiger partial charge in [0.25, 0.3) is 0 Å². The molecule has 0 amide bonds. The molecule has 0 aromatic heterocycles. The number of carbonyl (C=O) groups excluding carboxylic acids is 3. The van der Waals surface area contributed by atoms with E-state index in [1.165, 1.54) is 199 Å². The smallest absolute Gasteiger partial charge is 0.306 e. The van der Waals surface area contributed by atoms with Crippen LogP contribution in [0.4, 0.5) is 0 Å². The Balaban J connectivity index is 4.21. The van der Waals surface area contributed by atoms with Crippen LogP contribution in [0.3, 0.4) is 0 Å². The topological polar surface area (TPSA) is 78.9 Å². The molecule has 0 unspecified atom stereocenters. The number of hydrogen-bond donors (Lipinski definition) is 0. The summed E-state index contributed by atoms with van der Waals surface area (Å²) in [5.41, 5.74) is 0. The number of esters is 3. The van der Waals surface area contributed by atoms with Gasteiger partial charge in [-0.2, -0.15) is 0 Å². The molecular formula is C54H104O6. The Hall–Kier alpha value is -1.59. The van der Waals surface area contributed by atoms with Gasteiger partial charge in [0.05, 0.1) is 0 Å². The number of hydrogen-bond acceptors (Lipinski definition) is 6. The molecule has 0 heterocycles. The first kappa shape index (κ1) is 58.4. The second-order valence-corrected chi connectivity index (χ2v) is 19.0. The van der Waals surface area contributed by atoms with Gasteiger partial charge in [0.2, 0.25) is 0 Å². The van der Waals surface area contributed by atoms with Crippen molar-refractivity contribution in [2.24, 2.45) is 5.92 Å². The van der Waals surface area contributed by atoms with E-state index < -0.39 is 6.10 Å². The third kappa shape index (κ3) is 47.5. The molecular weight excluding hydrogens is 745 g/mol. The van der Waals surface area contributed by atoms with E-state index in [0.717, 1.165) is 63.7 Å². The van der Waals surface area contributed by atoms with E-state index in [9.17, 15) is 14.4 Å². The molecule has 0 aliphatic heterocycles. The van der Waals surface area contributed by atoms with Gasteiger partial charge in [-0.1, -0.05) is 265 Å². The zero-order valence-corrected chi connectivity index (χ0v) is 40.9.